The summed E-state index contributed by atoms with van der Waals surface area (Å²) < 4.78 is 9.62. The first-order valence-electron chi connectivity index (χ1n) is 12.1. The minimum atomic E-state index is -0.475. The molecule has 1 fully saturated rings. The summed E-state index contributed by atoms with van der Waals surface area (Å²) in [5.74, 6) is 0. The number of carbonyl (C=O) groups excluding carboxylic acids is 1. The highest BCUT2D eigenvalue weighted by molar-refractivity contribution is 5.95. The molecule has 0 saturated heterocycles. The molecule has 7 nitrogen and oxygen atoms in total. The zero-order valence-corrected chi connectivity index (χ0v) is 20.1. The van der Waals surface area contributed by atoms with E-state index in [2.05, 4.69) is 43.7 Å². The van der Waals surface area contributed by atoms with Crippen LogP contribution < -0.4 is 5.32 Å². The van der Waals surface area contributed by atoms with Crippen molar-refractivity contribution in [1.29, 1.82) is 5.26 Å². The Balaban J connectivity index is 1.51. The first-order chi connectivity index (χ1) is 17.0. The molecule has 4 aromatic rings. The smallest absolute Gasteiger partial charge is 0.411 e. The molecule has 35 heavy (non-hydrogen) atoms. The Hall–Kier alpha value is -4.05. The van der Waals surface area contributed by atoms with E-state index in [4.69, 9.17) is 4.74 Å². The number of aromatic nitrogens is 3. The Bertz CT molecular complexity index is 1370. The zero-order valence-electron chi connectivity index (χ0n) is 20.1. The number of carbonyl (C=O) groups is 1. The fraction of sp³-hybridized carbons (Fsp3) is 0.321. The molecule has 7 heteroatoms. The number of hydrogen-bond acceptors (Lipinski definition) is 4. The number of amides is 1. The average molecular weight is 468 g/mol. The molecule has 1 aliphatic carbocycles. The second kappa shape index (κ2) is 9.67. The molecule has 0 unspecified atom stereocenters. The normalized spacial score (nSPS) is 13.5. The third-order valence-electron chi connectivity index (χ3n) is 6.59. The van der Waals surface area contributed by atoms with Crippen LogP contribution in [0.15, 0.2) is 61.2 Å². The molecule has 5 rings (SSSR count). The van der Waals surface area contributed by atoms with Crippen molar-refractivity contribution in [1.82, 2.24) is 14.1 Å². The van der Waals surface area contributed by atoms with Crippen molar-refractivity contribution in [3.8, 4) is 17.3 Å². The summed E-state index contributed by atoms with van der Waals surface area (Å²) >= 11 is 0. The van der Waals surface area contributed by atoms with E-state index in [1.54, 1.807) is 6.20 Å². The molecule has 178 valence electrons. The van der Waals surface area contributed by atoms with E-state index in [1.165, 1.54) is 12.0 Å². The van der Waals surface area contributed by atoms with Gasteiger partial charge in [-0.15, -0.1) is 0 Å². The van der Waals surface area contributed by atoms with E-state index in [1.807, 2.05) is 50.6 Å². The summed E-state index contributed by atoms with van der Waals surface area (Å²) in [6, 6.07) is 17.0. The van der Waals surface area contributed by atoms with Crippen molar-refractivity contribution in [2.24, 2.45) is 0 Å². The molecule has 1 amide bonds. The van der Waals surface area contributed by atoms with Gasteiger partial charge in [0.15, 0.2) is 0 Å². The lowest BCUT2D eigenvalue weighted by Gasteiger charge is -2.30. The molecule has 0 spiro atoms. The van der Waals surface area contributed by atoms with Crippen LogP contribution in [0.2, 0.25) is 0 Å². The number of fused-ring (bicyclic) bond motifs is 1. The predicted molar refractivity (Wildman–Crippen MR) is 136 cm³/mol. The van der Waals surface area contributed by atoms with Gasteiger partial charge in [-0.3, -0.25) is 5.32 Å². The van der Waals surface area contributed by atoms with Gasteiger partial charge in [-0.2, -0.15) is 5.26 Å². The first kappa shape index (κ1) is 22.7. The molecule has 0 bridgehead atoms. The topological polar surface area (TPSA) is 84.9 Å². The molecule has 0 aliphatic heterocycles. The van der Waals surface area contributed by atoms with Crippen LogP contribution in [0.3, 0.4) is 0 Å². The average Bonchev–Trinajstić information content (AvgIpc) is 3.43. The van der Waals surface area contributed by atoms with Gasteiger partial charge in [-0.25, -0.2) is 9.78 Å². The van der Waals surface area contributed by atoms with Gasteiger partial charge in [0, 0.05) is 36.1 Å². The van der Waals surface area contributed by atoms with E-state index in [0.717, 1.165) is 48.0 Å². The molecule has 0 atom stereocenters. The zero-order chi connectivity index (χ0) is 24.4. The maximum absolute atomic E-state index is 12.0. The highest BCUT2D eigenvalue weighted by atomic mass is 16.6. The number of benzene rings is 2. The third kappa shape index (κ3) is 4.65. The lowest BCUT2D eigenvalue weighted by atomic mass is 9.92. The van der Waals surface area contributed by atoms with Gasteiger partial charge in [0.2, 0.25) is 0 Å². The Morgan fingerprint density at radius 3 is 2.66 bits per heavy atom. The quantitative estimate of drug-likeness (QED) is 0.346. The van der Waals surface area contributed by atoms with Gasteiger partial charge >= 0.3 is 6.09 Å². The second-order valence-electron chi connectivity index (χ2n) is 9.35. The lowest BCUT2D eigenvalue weighted by molar-refractivity contribution is 0.130. The van der Waals surface area contributed by atoms with Gasteiger partial charge in [-0.05, 0) is 68.9 Å². The Kier molecular flexibility index (Phi) is 6.28. The number of aryl methyl sites for hydroxylation is 2. The van der Waals surface area contributed by atoms with Crippen LogP contribution in [-0.4, -0.2) is 26.3 Å². The molecule has 2 aromatic heterocycles. The van der Waals surface area contributed by atoms with Crippen molar-refractivity contribution in [2.75, 3.05) is 5.32 Å². The van der Waals surface area contributed by atoms with Crippen molar-refractivity contribution >= 4 is 22.7 Å². The number of nitriles is 1. The Morgan fingerprint density at radius 2 is 2.03 bits per heavy atom. The second-order valence-corrected chi connectivity index (χ2v) is 9.35. The first-order valence-corrected chi connectivity index (χ1v) is 12.1. The van der Waals surface area contributed by atoms with E-state index >= 15 is 0 Å². The molecule has 0 radical (unpaired) electrons. The summed E-state index contributed by atoms with van der Waals surface area (Å²) in [7, 11) is 0. The SMILES string of the molecule is CC(C)OC(=O)Nc1ccc(-c2c(C#N)c3ccc(CCn4ccnc4)cc3n2C2CCC2)cc1. The van der Waals surface area contributed by atoms with Crippen LogP contribution in [0.4, 0.5) is 10.5 Å². The van der Waals surface area contributed by atoms with Crippen molar-refractivity contribution in [3.63, 3.8) is 0 Å². The van der Waals surface area contributed by atoms with Crippen LogP contribution in [-0.2, 0) is 17.7 Å². The van der Waals surface area contributed by atoms with E-state index in [-0.39, 0.29) is 6.10 Å². The molecule has 2 aromatic carbocycles. The monoisotopic (exact) mass is 467 g/mol. The highest BCUT2D eigenvalue weighted by Gasteiger charge is 2.27. The Labute approximate surface area is 205 Å². The molecule has 1 saturated carbocycles. The van der Waals surface area contributed by atoms with Gasteiger partial charge in [0.1, 0.15) is 6.07 Å². The summed E-state index contributed by atoms with van der Waals surface area (Å²) in [5.41, 5.74) is 5.64. The molecular formula is C28H29N5O2. The minimum absolute atomic E-state index is 0.185. The van der Waals surface area contributed by atoms with E-state index in [0.29, 0.717) is 17.3 Å². The predicted octanol–water partition coefficient (Wildman–Crippen LogP) is 6.30. The van der Waals surface area contributed by atoms with Gasteiger partial charge in [0.05, 0.1) is 29.2 Å². The summed E-state index contributed by atoms with van der Waals surface area (Å²) in [6.45, 7) is 4.49. The summed E-state index contributed by atoms with van der Waals surface area (Å²) in [4.78, 5) is 16.1. The van der Waals surface area contributed by atoms with Crippen molar-refractivity contribution in [3.05, 3.63) is 72.3 Å². The largest absolute Gasteiger partial charge is 0.447 e. The number of rotatable bonds is 7. The number of imidazole rings is 1. The molecule has 1 aliphatic rings. The van der Waals surface area contributed by atoms with Crippen LogP contribution in [0.5, 0.6) is 0 Å². The van der Waals surface area contributed by atoms with Gasteiger partial charge < -0.3 is 13.9 Å². The number of ether oxygens (including phenoxy) is 1. The highest BCUT2D eigenvalue weighted by Crippen LogP contribution is 2.43. The summed E-state index contributed by atoms with van der Waals surface area (Å²) in [5, 5.41) is 13.9. The minimum Gasteiger partial charge on any atom is -0.447 e. The van der Waals surface area contributed by atoms with Crippen molar-refractivity contribution < 1.29 is 9.53 Å². The number of anilines is 1. The van der Waals surface area contributed by atoms with Crippen molar-refractivity contribution in [2.45, 2.75) is 58.2 Å². The fourth-order valence-corrected chi connectivity index (χ4v) is 4.68. The fourth-order valence-electron chi connectivity index (χ4n) is 4.68. The summed E-state index contributed by atoms with van der Waals surface area (Å²) in [6.07, 6.45) is 9.27. The Morgan fingerprint density at radius 1 is 1.23 bits per heavy atom. The number of nitrogens with one attached hydrogen (secondary N) is 1. The molecule has 1 N–H and O–H groups in total. The van der Waals surface area contributed by atoms with Crippen LogP contribution in [0.1, 0.15) is 50.3 Å². The van der Waals surface area contributed by atoms with E-state index < -0.39 is 6.09 Å². The molecule has 2 heterocycles. The number of hydrogen-bond donors (Lipinski definition) is 1. The number of nitrogens with zero attached hydrogens (tertiary/aromatic N) is 4. The van der Waals surface area contributed by atoms with Crippen LogP contribution in [0.25, 0.3) is 22.2 Å². The van der Waals surface area contributed by atoms with Gasteiger partial charge in [-0.1, -0.05) is 24.3 Å². The molecular weight excluding hydrogens is 438 g/mol. The maximum Gasteiger partial charge on any atom is 0.411 e. The maximum atomic E-state index is 12.0. The van der Waals surface area contributed by atoms with E-state index in [9.17, 15) is 10.1 Å². The van der Waals surface area contributed by atoms with Crippen LogP contribution >= 0.6 is 0 Å². The third-order valence-corrected chi connectivity index (χ3v) is 6.59. The van der Waals surface area contributed by atoms with Crippen LogP contribution in [0, 0.1) is 11.3 Å². The lowest BCUT2D eigenvalue weighted by Crippen LogP contribution is -2.18. The van der Waals surface area contributed by atoms with Gasteiger partial charge in [0.25, 0.3) is 0 Å². The standard InChI is InChI=1S/C28H29N5O2/c1-19(2)35-28(34)31-22-9-7-21(8-10-22)27-25(17-29)24-11-6-20(12-14-32-15-13-30-18-32)16-26(24)33(27)23-4-3-5-23/h6-11,13,15-16,18-19,23H,3-5,12,14H2,1-2H3,(H,31,34).